The highest BCUT2D eigenvalue weighted by Crippen LogP contribution is 2.37. The van der Waals surface area contributed by atoms with Crippen molar-refractivity contribution in [2.45, 2.75) is 11.4 Å². The summed E-state index contributed by atoms with van der Waals surface area (Å²) < 4.78 is 58.5. The van der Waals surface area contributed by atoms with Crippen LogP contribution in [0, 0.1) is 5.82 Å². The van der Waals surface area contributed by atoms with Gasteiger partial charge in [0.2, 0.25) is 0 Å². The average Bonchev–Trinajstić information content (AvgIpc) is 2.78. The van der Waals surface area contributed by atoms with E-state index in [1.165, 1.54) is 69.9 Å². The maximum atomic E-state index is 14.5. The molecule has 9 heteroatoms. The lowest BCUT2D eigenvalue weighted by atomic mass is 10.2. The first-order valence-electron chi connectivity index (χ1n) is 9.13. The number of nitrogens with zero attached hydrogens (tertiary/aromatic N) is 1. The van der Waals surface area contributed by atoms with Gasteiger partial charge in [0.15, 0.2) is 0 Å². The Balaban J connectivity index is 2.19. The van der Waals surface area contributed by atoms with E-state index in [9.17, 15) is 12.8 Å². The van der Waals surface area contributed by atoms with Crippen molar-refractivity contribution < 1.29 is 27.0 Å². The van der Waals surface area contributed by atoms with Crippen molar-refractivity contribution in [3.8, 4) is 17.2 Å². The van der Waals surface area contributed by atoms with Gasteiger partial charge in [0.1, 0.15) is 23.1 Å². The highest BCUT2D eigenvalue weighted by atomic mass is 35.5. The van der Waals surface area contributed by atoms with Crippen LogP contribution < -0.4 is 18.5 Å². The summed E-state index contributed by atoms with van der Waals surface area (Å²) in [6.07, 6.45) is 0. The van der Waals surface area contributed by atoms with Crippen LogP contribution in [0.1, 0.15) is 5.56 Å². The van der Waals surface area contributed by atoms with Crippen LogP contribution in [0.25, 0.3) is 0 Å². The molecule has 0 N–H and O–H groups in total. The van der Waals surface area contributed by atoms with Gasteiger partial charge in [-0.25, -0.2) is 12.8 Å². The van der Waals surface area contributed by atoms with Gasteiger partial charge in [-0.3, -0.25) is 4.31 Å². The highest BCUT2D eigenvalue weighted by molar-refractivity contribution is 7.92. The van der Waals surface area contributed by atoms with Gasteiger partial charge in [0.25, 0.3) is 10.0 Å². The smallest absolute Gasteiger partial charge is 0.264 e. The minimum atomic E-state index is -4.13. The Labute approximate surface area is 185 Å². The van der Waals surface area contributed by atoms with Crippen LogP contribution in [0.5, 0.6) is 17.2 Å². The van der Waals surface area contributed by atoms with E-state index in [1.807, 2.05) is 0 Å². The van der Waals surface area contributed by atoms with Crippen LogP contribution in [0.15, 0.2) is 65.6 Å². The number of halogens is 2. The van der Waals surface area contributed by atoms with Crippen LogP contribution in [-0.4, -0.2) is 29.7 Å². The van der Waals surface area contributed by atoms with Crippen LogP contribution >= 0.6 is 11.6 Å². The fourth-order valence-corrected chi connectivity index (χ4v) is 4.66. The molecule has 3 aromatic carbocycles. The molecule has 0 saturated heterocycles. The minimum Gasteiger partial charge on any atom is -0.497 e. The summed E-state index contributed by atoms with van der Waals surface area (Å²) in [5, 5.41) is 0.113. The third kappa shape index (κ3) is 4.70. The standard InChI is InChI=1S/C22H21ClFNO5S/c1-28-15-7-10-17(11-8-15)31(26,27)25(14-18-19(23)5-4-6-20(18)24)21-12-9-16(29-2)13-22(21)30-3/h4-13H,14H2,1-3H3. The first kappa shape index (κ1) is 22.7. The third-order valence-electron chi connectivity index (χ3n) is 4.67. The Morgan fingerprint density at radius 2 is 1.55 bits per heavy atom. The van der Waals surface area contributed by atoms with Gasteiger partial charge in [-0.15, -0.1) is 0 Å². The van der Waals surface area contributed by atoms with Crippen LogP contribution in [0.3, 0.4) is 0 Å². The Morgan fingerprint density at radius 1 is 0.903 bits per heavy atom. The maximum absolute atomic E-state index is 14.5. The fourth-order valence-electron chi connectivity index (χ4n) is 2.99. The number of hydrogen-bond acceptors (Lipinski definition) is 5. The summed E-state index contributed by atoms with van der Waals surface area (Å²) in [5.74, 6) is 0.606. The quantitative estimate of drug-likeness (QED) is 0.473. The van der Waals surface area contributed by atoms with Gasteiger partial charge in [-0.05, 0) is 48.5 Å². The van der Waals surface area contributed by atoms with Crippen molar-refractivity contribution in [2.75, 3.05) is 25.6 Å². The molecule has 0 spiro atoms. The number of methoxy groups -OCH3 is 3. The largest absolute Gasteiger partial charge is 0.497 e. The van der Waals surface area contributed by atoms with Crippen molar-refractivity contribution in [2.24, 2.45) is 0 Å². The molecule has 0 aromatic heterocycles. The van der Waals surface area contributed by atoms with Gasteiger partial charge in [-0.2, -0.15) is 0 Å². The van der Waals surface area contributed by atoms with Crippen molar-refractivity contribution >= 4 is 27.3 Å². The Bertz CT molecular complexity index is 1150. The van der Waals surface area contributed by atoms with Gasteiger partial charge in [-0.1, -0.05) is 17.7 Å². The molecule has 0 aliphatic rings. The SMILES string of the molecule is COc1ccc(S(=O)(=O)N(Cc2c(F)cccc2Cl)c2ccc(OC)cc2OC)cc1. The van der Waals surface area contributed by atoms with E-state index in [-0.39, 0.29) is 33.5 Å². The predicted molar refractivity (Wildman–Crippen MR) is 117 cm³/mol. The molecule has 3 rings (SSSR count). The molecule has 0 amide bonds. The van der Waals surface area contributed by atoms with Gasteiger partial charge < -0.3 is 14.2 Å². The van der Waals surface area contributed by atoms with Crippen LogP contribution in [0.4, 0.5) is 10.1 Å². The number of anilines is 1. The summed E-state index contributed by atoms with van der Waals surface area (Å²) in [6.45, 7) is -0.345. The first-order chi connectivity index (χ1) is 14.8. The molecule has 3 aromatic rings. The summed E-state index contributed by atoms with van der Waals surface area (Å²) in [5.41, 5.74) is 0.248. The molecule has 0 bridgehead atoms. The lowest BCUT2D eigenvalue weighted by molar-refractivity contribution is 0.394. The Kier molecular flexibility index (Phi) is 6.92. The molecule has 6 nitrogen and oxygen atoms in total. The molecule has 0 fully saturated rings. The fraction of sp³-hybridized carbons (Fsp3) is 0.182. The third-order valence-corrected chi connectivity index (χ3v) is 6.79. The number of rotatable bonds is 8. The van der Waals surface area contributed by atoms with Crippen molar-refractivity contribution in [3.05, 3.63) is 77.1 Å². The second-order valence-corrected chi connectivity index (χ2v) is 8.69. The second kappa shape index (κ2) is 9.45. The monoisotopic (exact) mass is 465 g/mol. The van der Waals surface area contributed by atoms with E-state index < -0.39 is 15.8 Å². The molecule has 0 aliphatic carbocycles. The maximum Gasteiger partial charge on any atom is 0.264 e. The number of hydrogen-bond donors (Lipinski definition) is 0. The van der Waals surface area contributed by atoms with Gasteiger partial charge in [0.05, 0.1) is 38.5 Å². The molecule has 0 aliphatic heterocycles. The molecule has 0 atom stereocenters. The van der Waals surface area contributed by atoms with Crippen LogP contribution in [-0.2, 0) is 16.6 Å². The van der Waals surface area contributed by atoms with E-state index >= 15 is 0 Å². The Morgan fingerprint density at radius 3 is 2.13 bits per heavy atom. The average molecular weight is 466 g/mol. The van der Waals surface area contributed by atoms with Crippen molar-refractivity contribution in [1.82, 2.24) is 0 Å². The van der Waals surface area contributed by atoms with Crippen molar-refractivity contribution in [1.29, 1.82) is 0 Å². The first-order valence-corrected chi connectivity index (χ1v) is 10.9. The predicted octanol–water partition coefficient (Wildman–Crippen LogP) is 4.90. The zero-order valence-electron chi connectivity index (χ0n) is 17.1. The molecular weight excluding hydrogens is 445 g/mol. The lowest BCUT2D eigenvalue weighted by Crippen LogP contribution is -2.31. The molecule has 0 heterocycles. The lowest BCUT2D eigenvalue weighted by Gasteiger charge is -2.27. The second-order valence-electron chi connectivity index (χ2n) is 6.43. The van der Waals surface area contributed by atoms with E-state index in [0.29, 0.717) is 11.5 Å². The summed E-state index contributed by atoms with van der Waals surface area (Å²) in [4.78, 5) is -0.00127. The molecule has 164 valence electrons. The molecule has 0 radical (unpaired) electrons. The molecule has 0 unspecified atom stereocenters. The normalized spacial score (nSPS) is 11.1. The summed E-state index contributed by atoms with van der Waals surface area (Å²) >= 11 is 6.19. The van der Waals surface area contributed by atoms with Gasteiger partial charge in [0, 0.05) is 16.7 Å². The van der Waals surface area contributed by atoms with E-state index in [4.69, 9.17) is 25.8 Å². The summed E-state index contributed by atoms with van der Waals surface area (Å²) in [7, 11) is 0.248. The van der Waals surface area contributed by atoms with E-state index in [0.717, 1.165) is 4.31 Å². The van der Waals surface area contributed by atoms with Gasteiger partial charge >= 0.3 is 0 Å². The number of ether oxygens (including phenoxy) is 3. The zero-order chi connectivity index (χ0) is 22.6. The van der Waals surface area contributed by atoms with Crippen molar-refractivity contribution in [3.63, 3.8) is 0 Å². The number of benzene rings is 3. The van der Waals surface area contributed by atoms with Crippen LogP contribution in [0.2, 0.25) is 5.02 Å². The highest BCUT2D eigenvalue weighted by Gasteiger charge is 2.29. The van der Waals surface area contributed by atoms with E-state index in [2.05, 4.69) is 0 Å². The molecular formula is C22H21ClFNO5S. The Hall–Kier alpha value is -2.97. The number of sulfonamides is 1. The summed E-state index contributed by atoms with van der Waals surface area (Å²) in [6, 6.07) is 14.8. The molecule has 0 saturated carbocycles. The minimum absolute atomic E-state index is 0.00127. The zero-order valence-corrected chi connectivity index (χ0v) is 18.7. The van der Waals surface area contributed by atoms with E-state index in [1.54, 1.807) is 12.1 Å². The topological polar surface area (TPSA) is 65.1 Å². The molecule has 31 heavy (non-hydrogen) atoms.